The van der Waals surface area contributed by atoms with Gasteiger partial charge in [0, 0.05) is 18.9 Å². The van der Waals surface area contributed by atoms with Crippen LogP contribution in [0, 0.1) is 11.8 Å². The lowest BCUT2D eigenvalue weighted by Gasteiger charge is -2.40. The molecule has 1 saturated heterocycles. The molecule has 3 aliphatic rings. The Bertz CT molecular complexity index is 299. The molecule has 96 valence electrons. The molecular formula is C14H23NO2. The molecule has 2 saturated carbocycles. The lowest BCUT2D eigenvalue weighted by molar-refractivity contribution is -0.154. The molecule has 0 aromatic carbocycles. The van der Waals surface area contributed by atoms with Crippen molar-refractivity contribution in [3.05, 3.63) is 0 Å². The second-order valence-electron chi connectivity index (χ2n) is 5.96. The van der Waals surface area contributed by atoms with Gasteiger partial charge in [-0.25, -0.2) is 0 Å². The van der Waals surface area contributed by atoms with Crippen LogP contribution in [0.15, 0.2) is 0 Å². The number of carbonyl (C=O) groups is 1. The Morgan fingerprint density at radius 1 is 1.12 bits per heavy atom. The van der Waals surface area contributed by atoms with Crippen LogP contribution in [-0.4, -0.2) is 36.1 Å². The first-order valence-electron chi connectivity index (χ1n) is 7.17. The minimum atomic E-state index is -0.0889. The van der Waals surface area contributed by atoms with Gasteiger partial charge in [0.2, 0.25) is 0 Å². The Labute approximate surface area is 104 Å². The Hall–Kier alpha value is -0.570. The van der Waals surface area contributed by atoms with E-state index in [0.717, 1.165) is 0 Å². The fraction of sp³-hybridized carbons (Fsp3) is 0.929. The molecule has 1 heterocycles. The first-order chi connectivity index (χ1) is 8.25. The highest BCUT2D eigenvalue weighted by atomic mass is 16.5. The molecule has 0 aromatic rings. The molecular weight excluding hydrogens is 214 g/mol. The third kappa shape index (κ3) is 2.10. The lowest BCUT2D eigenvalue weighted by Crippen LogP contribution is -2.47. The quantitative estimate of drug-likeness (QED) is 0.690. The van der Waals surface area contributed by atoms with E-state index in [2.05, 4.69) is 4.90 Å². The van der Waals surface area contributed by atoms with E-state index in [1.54, 1.807) is 6.92 Å². The molecule has 0 aromatic heterocycles. The second-order valence-corrected chi connectivity index (χ2v) is 5.96. The number of fused-ring (bicyclic) bond motifs is 2. The number of hydrogen-bond donors (Lipinski definition) is 0. The number of carbonyl (C=O) groups excluding carboxylic acids is 1. The van der Waals surface area contributed by atoms with Crippen molar-refractivity contribution in [2.24, 2.45) is 11.8 Å². The van der Waals surface area contributed by atoms with E-state index in [1.165, 1.54) is 51.6 Å². The van der Waals surface area contributed by atoms with Gasteiger partial charge in [-0.3, -0.25) is 9.69 Å². The predicted octanol–water partition coefficient (Wildman–Crippen LogP) is 2.20. The van der Waals surface area contributed by atoms with Crippen molar-refractivity contribution >= 4 is 5.97 Å². The average molecular weight is 237 g/mol. The van der Waals surface area contributed by atoms with Crippen molar-refractivity contribution in [3.8, 4) is 0 Å². The van der Waals surface area contributed by atoms with E-state index in [9.17, 15) is 4.79 Å². The fourth-order valence-corrected chi connectivity index (χ4v) is 4.31. The monoisotopic (exact) mass is 237 g/mol. The van der Waals surface area contributed by atoms with Crippen LogP contribution >= 0.6 is 0 Å². The van der Waals surface area contributed by atoms with Crippen LogP contribution in [0.25, 0.3) is 0 Å². The molecule has 3 fully saturated rings. The molecule has 1 aliphatic heterocycles. The lowest BCUT2D eigenvalue weighted by atomic mass is 9.81. The van der Waals surface area contributed by atoms with Crippen LogP contribution in [0.2, 0.25) is 0 Å². The van der Waals surface area contributed by atoms with Crippen molar-refractivity contribution in [2.45, 2.75) is 57.6 Å². The van der Waals surface area contributed by atoms with Crippen LogP contribution in [0.3, 0.4) is 0 Å². The number of hydrogen-bond acceptors (Lipinski definition) is 3. The van der Waals surface area contributed by atoms with Crippen molar-refractivity contribution in [3.63, 3.8) is 0 Å². The number of esters is 1. The van der Waals surface area contributed by atoms with Crippen molar-refractivity contribution in [1.82, 2.24) is 4.90 Å². The van der Waals surface area contributed by atoms with Crippen LogP contribution in [0.5, 0.6) is 0 Å². The van der Waals surface area contributed by atoms with Gasteiger partial charge in [-0.1, -0.05) is 0 Å². The number of nitrogens with zero attached hydrogens (tertiary/aromatic N) is 1. The summed E-state index contributed by atoms with van der Waals surface area (Å²) in [6.07, 6.45) is 8.06. The average Bonchev–Trinajstić information content (AvgIpc) is 2.87. The minimum Gasteiger partial charge on any atom is -0.462 e. The summed E-state index contributed by atoms with van der Waals surface area (Å²) in [7, 11) is 0. The largest absolute Gasteiger partial charge is 0.462 e. The van der Waals surface area contributed by atoms with Gasteiger partial charge < -0.3 is 4.74 Å². The van der Waals surface area contributed by atoms with E-state index in [-0.39, 0.29) is 12.1 Å². The van der Waals surface area contributed by atoms with Gasteiger partial charge in [0.05, 0.1) is 0 Å². The molecule has 2 aliphatic carbocycles. The highest BCUT2D eigenvalue weighted by Crippen LogP contribution is 2.46. The third-order valence-corrected chi connectivity index (χ3v) is 5.00. The standard InChI is InChI=1S/C14H23NO2/c1-10(16)17-14-11-4-6-12(14)13(7-5-11)15-8-2-3-9-15/h11-14H,2-9H2,1H3. The molecule has 2 bridgehead atoms. The van der Waals surface area contributed by atoms with E-state index in [1.807, 2.05) is 0 Å². The third-order valence-electron chi connectivity index (χ3n) is 5.00. The van der Waals surface area contributed by atoms with E-state index in [0.29, 0.717) is 17.9 Å². The van der Waals surface area contributed by atoms with Gasteiger partial charge in [-0.2, -0.15) is 0 Å². The summed E-state index contributed by atoms with van der Waals surface area (Å²) >= 11 is 0. The summed E-state index contributed by atoms with van der Waals surface area (Å²) in [5.74, 6) is 1.19. The zero-order valence-corrected chi connectivity index (χ0v) is 10.7. The maximum atomic E-state index is 11.2. The predicted molar refractivity (Wildman–Crippen MR) is 65.6 cm³/mol. The van der Waals surface area contributed by atoms with E-state index < -0.39 is 0 Å². The Balaban J connectivity index is 1.72. The number of likely N-dealkylation sites (tertiary alicyclic amines) is 1. The van der Waals surface area contributed by atoms with Crippen LogP contribution in [-0.2, 0) is 9.53 Å². The minimum absolute atomic E-state index is 0.0889. The normalized spacial score (nSPS) is 41.7. The first kappa shape index (κ1) is 11.5. The molecule has 0 amide bonds. The summed E-state index contributed by atoms with van der Waals surface area (Å²) in [5, 5.41) is 0. The maximum Gasteiger partial charge on any atom is 0.302 e. The highest BCUT2D eigenvalue weighted by molar-refractivity contribution is 5.66. The Kier molecular flexibility index (Phi) is 3.12. The zero-order chi connectivity index (χ0) is 11.8. The van der Waals surface area contributed by atoms with Gasteiger partial charge in [-0.05, 0) is 57.5 Å². The van der Waals surface area contributed by atoms with Gasteiger partial charge in [0.15, 0.2) is 0 Å². The summed E-state index contributed by atoms with van der Waals surface area (Å²) < 4.78 is 5.60. The maximum absolute atomic E-state index is 11.2. The van der Waals surface area contributed by atoms with Gasteiger partial charge in [-0.15, -0.1) is 0 Å². The topological polar surface area (TPSA) is 29.5 Å². The Morgan fingerprint density at radius 3 is 2.53 bits per heavy atom. The van der Waals surface area contributed by atoms with Crippen LogP contribution < -0.4 is 0 Å². The summed E-state index contributed by atoms with van der Waals surface area (Å²) in [6.45, 7) is 4.08. The van der Waals surface area contributed by atoms with Gasteiger partial charge >= 0.3 is 5.97 Å². The van der Waals surface area contributed by atoms with E-state index in [4.69, 9.17) is 4.74 Å². The molecule has 17 heavy (non-hydrogen) atoms. The smallest absolute Gasteiger partial charge is 0.302 e. The number of ether oxygens (including phenoxy) is 1. The molecule has 3 nitrogen and oxygen atoms in total. The first-order valence-corrected chi connectivity index (χ1v) is 7.17. The second kappa shape index (κ2) is 4.60. The molecule has 0 N–H and O–H groups in total. The fourth-order valence-electron chi connectivity index (χ4n) is 4.31. The molecule has 3 heteroatoms. The van der Waals surface area contributed by atoms with Crippen molar-refractivity contribution in [2.75, 3.05) is 13.1 Å². The molecule has 3 rings (SSSR count). The Morgan fingerprint density at radius 2 is 1.82 bits per heavy atom. The van der Waals surface area contributed by atoms with Crippen LogP contribution in [0.4, 0.5) is 0 Å². The summed E-state index contributed by atoms with van der Waals surface area (Å²) in [5.41, 5.74) is 0. The molecule has 4 atom stereocenters. The summed E-state index contributed by atoms with van der Waals surface area (Å²) in [4.78, 5) is 13.9. The van der Waals surface area contributed by atoms with Crippen LogP contribution in [0.1, 0.15) is 45.4 Å². The van der Waals surface area contributed by atoms with Crippen molar-refractivity contribution in [1.29, 1.82) is 0 Å². The zero-order valence-electron chi connectivity index (χ0n) is 10.7. The summed E-state index contributed by atoms with van der Waals surface area (Å²) in [6, 6.07) is 0.695. The molecule has 0 spiro atoms. The van der Waals surface area contributed by atoms with Crippen molar-refractivity contribution < 1.29 is 9.53 Å². The van der Waals surface area contributed by atoms with E-state index >= 15 is 0 Å². The SMILES string of the molecule is CC(=O)OC1C2CCC1C(N1CCCC1)CC2. The van der Waals surface area contributed by atoms with Gasteiger partial charge in [0.25, 0.3) is 0 Å². The molecule has 0 radical (unpaired) electrons. The molecule has 4 unspecified atom stereocenters. The highest BCUT2D eigenvalue weighted by Gasteiger charge is 2.48. The van der Waals surface area contributed by atoms with Gasteiger partial charge in [0.1, 0.15) is 6.10 Å². The number of rotatable bonds is 2.